The van der Waals surface area contributed by atoms with Gasteiger partial charge in [-0.25, -0.2) is 14.4 Å². The molecule has 0 aromatic carbocycles. The molecule has 0 aliphatic carbocycles. The molecule has 0 fully saturated rings. The van der Waals surface area contributed by atoms with E-state index in [2.05, 4.69) is 27.2 Å². The molecule has 1 atom stereocenters. The van der Waals surface area contributed by atoms with E-state index in [1.54, 1.807) is 0 Å². The Morgan fingerprint density at radius 1 is 1.40 bits per heavy atom. The molecule has 138 valence electrons. The number of unbranched alkanes of at least 4 members (excludes halogenated alkanes) is 1. The molecule has 0 amide bonds. The summed E-state index contributed by atoms with van der Waals surface area (Å²) in [6.45, 7) is 3.93. The Kier molecular flexibility index (Phi) is 7.98. The predicted octanol–water partition coefficient (Wildman–Crippen LogP) is 1.73. The monoisotopic (exact) mass is 374 g/mol. The van der Waals surface area contributed by atoms with Crippen LogP contribution in [0.3, 0.4) is 0 Å². The van der Waals surface area contributed by atoms with Gasteiger partial charge in [0.25, 0.3) is 0 Å². The molecule has 0 saturated carbocycles. The summed E-state index contributed by atoms with van der Waals surface area (Å²) in [5, 5.41) is 12.8. The number of aromatic nitrogens is 3. The van der Waals surface area contributed by atoms with E-state index in [0.29, 0.717) is 16.9 Å². The third-order valence-corrected chi connectivity index (χ3v) is 3.37. The number of nitrogens with zero attached hydrogens (tertiary/aromatic N) is 3. The summed E-state index contributed by atoms with van der Waals surface area (Å²) in [5.41, 5.74) is 5.88. The summed E-state index contributed by atoms with van der Waals surface area (Å²) in [7, 11) is -2.87. The van der Waals surface area contributed by atoms with Crippen molar-refractivity contribution >= 4 is 31.1 Å². The first-order chi connectivity index (χ1) is 11.7. The Balaban J connectivity index is 0.000000705. The summed E-state index contributed by atoms with van der Waals surface area (Å²) < 4.78 is 22.0. The van der Waals surface area contributed by atoms with Gasteiger partial charge in [0, 0.05) is 10.6 Å². The number of aliphatic hydroxyl groups is 1. The number of pyridine rings is 1. The molecule has 2 heterocycles. The van der Waals surface area contributed by atoms with Gasteiger partial charge >= 0.3 is 8.25 Å². The zero-order valence-electron chi connectivity index (χ0n) is 14.0. The first kappa shape index (κ1) is 21.0. The van der Waals surface area contributed by atoms with Crippen molar-refractivity contribution in [2.24, 2.45) is 0 Å². The average Bonchev–Trinajstić information content (AvgIpc) is 2.51. The number of nitrogen functional groups attached to an aromatic ring is 1. The Labute approximate surface area is 145 Å². The van der Waals surface area contributed by atoms with Crippen molar-refractivity contribution < 1.29 is 23.8 Å². The van der Waals surface area contributed by atoms with Gasteiger partial charge in [0.15, 0.2) is 5.82 Å². The number of anilines is 2. The minimum atomic E-state index is -2.87. The van der Waals surface area contributed by atoms with E-state index in [1.807, 2.05) is 6.92 Å². The summed E-state index contributed by atoms with van der Waals surface area (Å²) in [5.74, 6) is -0.0409. The molecule has 0 bridgehead atoms. The van der Waals surface area contributed by atoms with Crippen molar-refractivity contribution in [2.45, 2.75) is 38.6 Å². The van der Waals surface area contributed by atoms with Crippen LogP contribution in [0.15, 0.2) is 12.3 Å². The molecular weight excluding hydrogens is 352 g/mol. The van der Waals surface area contributed by atoms with E-state index < -0.39 is 19.6 Å². The fourth-order valence-corrected chi connectivity index (χ4v) is 2.13. The lowest BCUT2D eigenvalue weighted by Gasteiger charge is -2.29. The van der Waals surface area contributed by atoms with Crippen molar-refractivity contribution in [3.8, 4) is 0 Å². The second-order valence-electron chi connectivity index (χ2n) is 5.65. The van der Waals surface area contributed by atoms with Gasteiger partial charge in [-0.2, -0.15) is 4.98 Å². The van der Waals surface area contributed by atoms with E-state index in [0.717, 1.165) is 25.5 Å². The van der Waals surface area contributed by atoms with Crippen LogP contribution in [0, 0.1) is 5.82 Å². The maximum atomic E-state index is 13.2. The molecule has 0 radical (unpaired) electrons. The van der Waals surface area contributed by atoms with Crippen LogP contribution in [0.5, 0.6) is 0 Å². The Morgan fingerprint density at radius 3 is 2.60 bits per heavy atom. The fourth-order valence-electron chi connectivity index (χ4n) is 2.13. The smallest absolute Gasteiger partial charge is 0.394 e. The van der Waals surface area contributed by atoms with Crippen LogP contribution in [0.25, 0.3) is 11.0 Å². The largest absolute Gasteiger partial charge is 0.692 e. The number of hydrogen-bond acceptors (Lipinski definition) is 7. The van der Waals surface area contributed by atoms with Crippen LogP contribution in [-0.4, -0.2) is 42.0 Å². The van der Waals surface area contributed by atoms with E-state index >= 15 is 0 Å². The predicted molar refractivity (Wildman–Crippen MR) is 92.4 cm³/mol. The van der Waals surface area contributed by atoms with Crippen LogP contribution in [0.1, 0.15) is 33.1 Å². The lowest BCUT2D eigenvalue weighted by molar-refractivity contribution is 0.212. The lowest BCUT2D eigenvalue weighted by Crippen LogP contribution is -2.39. The third-order valence-electron chi connectivity index (χ3n) is 3.37. The number of nitrogens with one attached hydrogen (secondary N) is 1. The number of halogens is 1. The standard InChI is InChI=1S/C14H20FN5O.HO3P/c1-3-4-5-14(2,8-21)20-12-11-10(18-13(16)19-12)6-9(15)7-17-11;1-4(2)3/h6-7,21H,3-5,8H2,1-2H3,(H3,16,18,19,20);(H-,1,2,3)/p+1. The normalized spacial score (nSPS) is 12.9. The van der Waals surface area contributed by atoms with Crippen LogP contribution in [0.4, 0.5) is 16.2 Å². The molecule has 0 aliphatic rings. The molecule has 2 aromatic rings. The molecular formula is C14H22FN5O4P+. The Morgan fingerprint density at radius 2 is 2.04 bits per heavy atom. The van der Waals surface area contributed by atoms with Crippen molar-refractivity contribution in [2.75, 3.05) is 17.7 Å². The van der Waals surface area contributed by atoms with Gasteiger partial charge in [0.2, 0.25) is 5.95 Å². The molecule has 25 heavy (non-hydrogen) atoms. The zero-order chi connectivity index (χ0) is 19.0. The summed E-state index contributed by atoms with van der Waals surface area (Å²) in [6.07, 6.45) is 3.86. The zero-order valence-corrected chi connectivity index (χ0v) is 14.9. The van der Waals surface area contributed by atoms with Gasteiger partial charge in [-0.1, -0.05) is 19.8 Å². The topological polar surface area (TPSA) is 154 Å². The molecule has 0 saturated heterocycles. The second kappa shape index (κ2) is 9.47. The molecule has 6 N–H and O–H groups in total. The van der Waals surface area contributed by atoms with Crippen LogP contribution in [-0.2, 0) is 4.57 Å². The van der Waals surface area contributed by atoms with Gasteiger partial charge < -0.3 is 16.2 Å². The minimum absolute atomic E-state index is 0.0354. The fraction of sp³-hybridized carbons (Fsp3) is 0.500. The van der Waals surface area contributed by atoms with Gasteiger partial charge in [-0.05, 0) is 13.3 Å². The minimum Gasteiger partial charge on any atom is -0.394 e. The van der Waals surface area contributed by atoms with Crippen molar-refractivity contribution in [3.63, 3.8) is 0 Å². The molecule has 9 nitrogen and oxygen atoms in total. The van der Waals surface area contributed by atoms with E-state index in [1.165, 1.54) is 6.07 Å². The molecule has 11 heteroatoms. The maximum Gasteiger partial charge on any atom is 0.692 e. The summed E-state index contributed by atoms with van der Waals surface area (Å²) in [4.78, 5) is 26.4. The number of hydrogen-bond donors (Lipinski definition) is 5. The first-order valence-electron chi connectivity index (χ1n) is 7.53. The van der Waals surface area contributed by atoms with Crippen LogP contribution < -0.4 is 11.1 Å². The first-order valence-corrected chi connectivity index (χ1v) is 8.70. The van der Waals surface area contributed by atoms with Gasteiger partial charge in [0.05, 0.1) is 23.9 Å². The highest BCUT2D eigenvalue weighted by molar-refractivity contribution is 7.30. The highest BCUT2D eigenvalue weighted by atomic mass is 31.1. The van der Waals surface area contributed by atoms with Gasteiger partial charge in [-0.15, -0.1) is 9.79 Å². The number of aliphatic hydroxyl groups excluding tert-OH is 1. The Hall–Kier alpha value is -2.00. The highest BCUT2D eigenvalue weighted by Gasteiger charge is 2.24. The SMILES string of the molecule is CCCCC(C)(CO)Nc1nc(N)nc2cc(F)cnc12.O=[P+](O)O. The summed E-state index contributed by atoms with van der Waals surface area (Å²) >= 11 is 0. The van der Waals surface area contributed by atoms with Gasteiger partial charge in [-0.3, -0.25) is 0 Å². The quantitative estimate of drug-likeness (QED) is 0.475. The van der Waals surface area contributed by atoms with Crippen LogP contribution >= 0.6 is 8.25 Å². The van der Waals surface area contributed by atoms with Crippen LogP contribution in [0.2, 0.25) is 0 Å². The average molecular weight is 374 g/mol. The van der Waals surface area contributed by atoms with E-state index in [9.17, 15) is 9.50 Å². The van der Waals surface area contributed by atoms with E-state index in [4.69, 9.17) is 20.1 Å². The van der Waals surface area contributed by atoms with Crippen molar-refractivity contribution in [1.82, 2.24) is 15.0 Å². The van der Waals surface area contributed by atoms with E-state index in [-0.39, 0.29) is 12.6 Å². The molecule has 2 rings (SSSR count). The third kappa shape index (κ3) is 6.79. The van der Waals surface area contributed by atoms with Crippen molar-refractivity contribution in [1.29, 1.82) is 0 Å². The molecule has 1 unspecified atom stereocenters. The summed E-state index contributed by atoms with van der Waals surface area (Å²) in [6, 6.07) is 1.26. The number of rotatable bonds is 6. The number of fused-ring (bicyclic) bond motifs is 1. The number of nitrogens with two attached hydrogens (primary N) is 1. The van der Waals surface area contributed by atoms with Gasteiger partial charge in [0.1, 0.15) is 11.3 Å². The lowest BCUT2D eigenvalue weighted by atomic mass is 9.96. The second-order valence-corrected chi connectivity index (χ2v) is 6.16. The molecule has 0 aliphatic heterocycles. The highest BCUT2D eigenvalue weighted by Crippen LogP contribution is 2.25. The maximum absolute atomic E-state index is 13.2. The molecule has 2 aromatic heterocycles. The Bertz CT molecular complexity index is 726. The van der Waals surface area contributed by atoms with Crippen molar-refractivity contribution in [3.05, 3.63) is 18.1 Å². The molecule has 0 spiro atoms.